The largest absolute Gasteiger partial charge is 0.479 e. The van der Waals surface area contributed by atoms with E-state index in [1.807, 2.05) is 49.4 Å². The first-order valence-electron chi connectivity index (χ1n) is 6.09. The Bertz CT molecular complexity index is 548. The highest BCUT2D eigenvalue weighted by Crippen LogP contribution is 2.22. The zero-order valence-electron chi connectivity index (χ0n) is 10.3. The SMILES string of the molecule is CCC[C@@H](Oc1ccc2ccccc2c1)C(=O)O. The number of hydrogen-bond donors (Lipinski definition) is 1. The molecule has 2 aromatic carbocycles. The fraction of sp³-hybridized carbons (Fsp3) is 0.267. The van der Waals surface area contributed by atoms with Crippen LogP contribution in [0.5, 0.6) is 5.75 Å². The molecule has 0 fully saturated rings. The lowest BCUT2D eigenvalue weighted by atomic mass is 10.1. The number of aliphatic carboxylic acids is 1. The molecule has 1 atom stereocenters. The van der Waals surface area contributed by atoms with E-state index in [9.17, 15) is 4.79 Å². The van der Waals surface area contributed by atoms with Crippen LogP contribution in [0.25, 0.3) is 10.8 Å². The fourth-order valence-corrected chi connectivity index (χ4v) is 1.90. The Balaban J connectivity index is 2.22. The molecule has 0 radical (unpaired) electrons. The second-order valence-corrected chi connectivity index (χ2v) is 4.24. The van der Waals surface area contributed by atoms with E-state index in [1.165, 1.54) is 0 Å². The van der Waals surface area contributed by atoms with E-state index in [2.05, 4.69) is 0 Å². The summed E-state index contributed by atoms with van der Waals surface area (Å²) in [6, 6.07) is 13.6. The molecule has 0 bridgehead atoms. The second-order valence-electron chi connectivity index (χ2n) is 4.24. The van der Waals surface area contributed by atoms with Crippen LogP contribution in [-0.4, -0.2) is 17.2 Å². The van der Waals surface area contributed by atoms with Crippen molar-refractivity contribution < 1.29 is 14.6 Å². The molecule has 18 heavy (non-hydrogen) atoms. The van der Waals surface area contributed by atoms with Crippen molar-refractivity contribution in [2.75, 3.05) is 0 Å². The molecule has 2 rings (SSSR count). The molecule has 3 heteroatoms. The van der Waals surface area contributed by atoms with E-state index in [0.717, 1.165) is 17.2 Å². The third-order valence-electron chi connectivity index (χ3n) is 2.83. The summed E-state index contributed by atoms with van der Waals surface area (Å²) < 4.78 is 5.52. The summed E-state index contributed by atoms with van der Waals surface area (Å²) in [6.45, 7) is 1.94. The van der Waals surface area contributed by atoms with E-state index in [1.54, 1.807) is 0 Å². The number of carboxylic acids is 1. The van der Waals surface area contributed by atoms with Gasteiger partial charge in [-0.1, -0.05) is 43.7 Å². The van der Waals surface area contributed by atoms with Crippen LogP contribution in [0.1, 0.15) is 19.8 Å². The zero-order chi connectivity index (χ0) is 13.0. The quantitative estimate of drug-likeness (QED) is 0.876. The van der Waals surface area contributed by atoms with Crippen LogP contribution in [0.15, 0.2) is 42.5 Å². The maximum Gasteiger partial charge on any atom is 0.344 e. The summed E-state index contributed by atoms with van der Waals surface area (Å²) in [5.41, 5.74) is 0. The molecule has 0 unspecified atom stereocenters. The Morgan fingerprint density at radius 1 is 1.22 bits per heavy atom. The maximum absolute atomic E-state index is 11.0. The summed E-state index contributed by atoms with van der Waals surface area (Å²) in [7, 11) is 0. The summed E-state index contributed by atoms with van der Waals surface area (Å²) in [4.78, 5) is 11.0. The van der Waals surface area contributed by atoms with Crippen molar-refractivity contribution in [3.05, 3.63) is 42.5 Å². The van der Waals surface area contributed by atoms with Crippen molar-refractivity contribution in [2.45, 2.75) is 25.9 Å². The van der Waals surface area contributed by atoms with E-state index < -0.39 is 12.1 Å². The van der Waals surface area contributed by atoms with Crippen LogP contribution in [0.2, 0.25) is 0 Å². The molecule has 0 aromatic heterocycles. The number of benzene rings is 2. The topological polar surface area (TPSA) is 46.5 Å². The summed E-state index contributed by atoms with van der Waals surface area (Å²) in [5.74, 6) is -0.306. The van der Waals surface area contributed by atoms with E-state index in [-0.39, 0.29) is 0 Å². The van der Waals surface area contributed by atoms with Crippen molar-refractivity contribution in [1.82, 2.24) is 0 Å². The highest BCUT2D eigenvalue weighted by Gasteiger charge is 2.18. The summed E-state index contributed by atoms with van der Waals surface area (Å²) in [6.07, 6.45) is 0.531. The van der Waals surface area contributed by atoms with E-state index in [4.69, 9.17) is 9.84 Å². The Kier molecular flexibility index (Phi) is 3.82. The van der Waals surface area contributed by atoms with Crippen molar-refractivity contribution in [3.63, 3.8) is 0 Å². The van der Waals surface area contributed by atoms with Gasteiger partial charge in [0.25, 0.3) is 0 Å². The molecule has 0 saturated carbocycles. The lowest BCUT2D eigenvalue weighted by Crippen LogP contribution is -2.26. The third kappa shape index (κ3) is 2.80. The monoisotopic (exact) mass is 244 g/mol. The van der Waals surface area contributed by atoms with Gasteiger partial charge in [0, 0.05) is 0 Å². The van der Waals surface area contributed by atoms with Gasteiger partial charge in [0.05, 0.1) is 0 Å². The third-order valence-corrected chi connectivity index (χ3v) is 2.83. The van der Waals surface area contributed by atoms with Gasteiger partial charge in [0.1, 0.15) is 5.75 Å². The minimum absolute atomic E-state index is 0.516. The predicted octanol–water partition coefficient (Wildman–Crippen LogP) is 3.47. The molecule has 1 N–H and O–H groups in total. The molecular weight excluding hydrogens is 228 g/mol. The van der Waals surface area contributed by atoms with Gasteiger partial charge in [-0.2, -0.15) is 0 Å². The molecule has 0 amide bonds. The van der Waals surface area contributed by atoms with Crippen LogP contribution < -0.4 is 4.74 Å². The van der Waals surface area contributed by atoms with Crippen molar-refractivity contribution in [3.8, 4) is 5.75 Å². The molecular formula is C15H16O3. The van der Waals surface area contributed by atoms with Crippen molar-refractivity contribution in [1.29, 1.82) is 0 Å². The molecule has 0 aliphatic carbocycles. The molecule has 3 nitrogen and oxygen atoms in total. The first-order valence-corrected chi connectivity index (χ1v) is 6.09. The molecule has 2 aromatic rings. The zero-order valence-corrected chi connectivity index (χ0v) is 10.3. The summed E-state index contributed by atoms with van der Waals surface area (Å²) >= 11 is 0. The Hall–Kier alpha value is -2.03. The van der Waals surface area contributed by atoms with Gasteiger partial charge in [-0.3, -0.25) is 0 Å². The van der Waals surface area contributed by atoms with Crippen LogP contribution in [0, 0.1) is 0 Å². The van der Waals surface area contributed by atoms with Crippen molar-refractivity contribution >= 4 is 16.7 Å². The minimum Gasteiger partial charge on any atom is -0.479 e. The predicted molar refractivity (Wildman–Crippen MR) is 70.9 cm³/mol. The van der Waals surface area contributed by atoms with E-state index >= 15 is 0 Å². The normalized spacial score (nSPS) is 12.3. The number of rotatable bonds is 5. The molecule has 0 saturated heterocycles. The number of hydrogen-bond acceptors (Lipinski definition) is 2. The molecule has 0 aliphatic rings. The average molecular weight is 244 g/mol. The molecule has 0 aliphatic heterocycles. The average Bonchev–Trinajstić information content (AvgIpc) is 2.38. The van der Waals surface area contributed by atoms with Gasteiger partial charge in [-0.25, -0.2) is 4.79 Å². The van der Waals surface area contributed by atoms with Gasteiger partial charge in [-0.15, -0.1) is 0 Å². The number of fused-ring (bicyclic) bond motifs is 1. The summed E-state index contributed by atoms with van der Waals surface area (Å²) in [5, 5.41) is 11.2. The molecule has 0 heterocycles. The standard InChI is InChI=1S/C15H16O3/c1-2-5-14(15(16)17)18-13-9-8-11-6-3-4-7-12(11)10-13/h3-4,6-10,14H,2,5H2,1H3,(H,16,17)/t14-/m1/s1. The Morgan fingerprint density at radius 3 is 2.61 bits per heavy atom. The van der Waals surface area contributed by atoms with Crippen LogP contribution in [0.4, 0.5) is 0 Å². The maximum atomic E-state index is 11.0. The Morgan fingerprint density at radius 2 is 1.94 bits per heavy atom. The second kappa shape index (κ2) is 5.54. The number of carbonyl (C=O) groups is 1. The van der Waals surface area contributed by atoms with Crippen LogP contribution in [0.3, 0.4) is 0 Å². The van der Waals surface area contributed by atoms with Gasteiger partial charge < -0.3 is 9.84 Å². The van der Waals surface area contributed by atoms with Gasteiger partial charge in [0.15, 0.2) is 6.10 Å². The van der Waals surface area contributed by atoms with Gasteiger partial charge in [-0.05, 0) is 29.3 Å². The number of ether oxygens (including phenoxy) is 1. The molecule has 0 spiro atoms. The van der Waals surface area contributed by atoms with Gasteiger partial charge in [0.2, 0.25) is 0 Å². The lowest BCUT2D eigenvalue weighted by Gasteiger charge is -2.14. The number of carboxylic acid groups (broad SMARTS) is 1. The first kappa shape index (κ1) is 12.4. The highest BCUT2D eigenvalue weighted by atomic mass is 16.5. The van der Waals surface area contributed by atoms with Crippen molar-refractivity contribution in [2.24, 2.45) is 0 Å². The van der Waals surface area contributed by atoms with Crippen LogP contribution in [-0.2, 0) is 4.79 Å². The lowest BCUT2D eigenvalue weighted by molar-refractivity contribution is -0.145. The first-order chi connectivity index (χ1) is 8.70. The molecule has 94 valence electrons. The highest BCUT2D eigenvalue weighted by molar-refractivity contribution is 5.83. The smallest absolute Gasteiger partial charge is 0.344 e. The van der Waals surface area contributed by atoms with E-state index in [0.29, 0.717) is 12.2 Å². The van der Waals surface area contributed by atoms with Crippen LogP contribution >= 0.6 is 0 Å². The minimum atomic E-state index is -0.912. The fourth-order valence-electron chi connectivity index (χ4n) is 1.90. The van der Waals surface area contributed by atoms with Gasteiger partial charge >= 0.3 is 5.97 Å². The Labute approximate surface area is 106 Å².